The smallest absolute Gasteiger partial charge is 0.203 e. The van der Waals surface area contributed by atoms with Crippen LogP contribution in [0, 0.1) is 0 Å². The van der Waals surface area contributed by atoms with Crippen molar-refractivity contribution < 1.29 is 14.2 Å². The molecule has 1 aliphatic rings. The summed E-state index contributed by atoms with van der Waals surface area (Å²) in [6.45, 7) is 0. The van der Waals surface area contributed by atoms with Gasteiger partial charge in [-0.25, -0.2) is 0 Å². The van der Waals surface area contributed by atoms with Gasteiger partial charge in [0.1, 0.15) is 0 Å². The van der Waals surface area contributed by atoms with Crippen LogP contribution in [0.15, 0.2) is 12.1 Å². The summed E-state index contributed by atoms with van der Waals surface area (Å²) in [6.07, 6.45) is 1.01. The molecule has 88 valence electrons. The molecule has 16 heavy (non-hydrogen) atoms. The van der Waals surface area contributed by atoms with Crippen molar-refractivity contribution in [3.8, 4) is 17.2 Å². The number of ether oxygens (including phenoxy) is 3. The maximum atomic E-state index is 5.86. The maximum absolute atomic E-state index is 5.86. The molecule has 0 amide bonds. The summed E-state index contributed by atoms with van der Waals surface area (Å²) in [5, 5.41) is 0. The maximum Gasteiger partial charge on any atom is 0.203 e. The van der Waals surface area contributed by atoms with Crippen molar-refractivity contribution in [3.05, 3.63) is 17.7 Å². The van der Waals surface area contributed by atoms with E-state index in [1.54, 1.807) is 21.3 Å². The zero-order valence-electron chi connectivity index (χ0n) is 9.82. The lowest BCUT2D eigenvalue weighted by Gasteiger charge is -2.15. The molecular formula is C12H17NO3. The van der Waals surface area contributed by atoms with Crippen LogP contribution in [0.3, 0.4) is 0 Å². The third-order valence-corrected chi connectivity index (χ3v) is 2.97. The van der Waals surface area contributed by atoms with Gasteiger partial charge in [0.25, 0.3) is 0 Å². The van der Waals surface area contributed by atoms with E-state index in [9.17, 15) is 0 Å². The van der Waals surface area contributed by atoms with E-state index in [-0.39, 0.29) is 6.04 Å². The molecule has 0 saturated heterocycles. The van der Waals surface area contributed by atoms with E-state index in [1.807, 2.05) is 12.1 Å². The molecule has 0 bridgehead atoms. The van der Waals surface area contributed by atoms with Gasteiger partial charge in [-0.05, 0) is 12.5 Å². The molecule has 0 spiro atoms. The van der Waals surface area contributed by atoms with Crippen molar-refractivity contribution in [2.24, 2.45) is 5.73 Å². The molecule has 0 unspecified atom stereocenters. The highest BCUT2D eigenvalue weighted by atomic mass is 16.5. The molecule has 1 aromatic carbocycles. The van der Waals surface area contributed by atoms with Gasteiger partial charge in [-0.3, -0.25) is 0 Å². The molecule has 1 aliphatic carbocycles. The van der Waals surface area contributed by atoms with Crippen LogP contribution in [0.5, 0.6) is 17.2 Å². The highest BCUT2D eigenvalue weighted by molar-refractivity contribution is 5.58. The highest BCUT2D eigenvalue weighted by Crippen LogP contribution is 2.49. The fraction of sp³-hybridized carbons (Fsp3) is 0.500. The zero-order chi connectivity index (χ0) is 11.7. The van der Waals surface area contributed by atoms with Crippen molar-refractivity contribution >= 4 is 0 Å². The van der Waals surface area contributed by atoms with Crippen LogP contribution in [-0.2, 0) is 0 Å². The van der Waals surface area contributed by atoms with Crippen LogP contribution < -0.4 is 19.9 Å². The molecule has 0 radical (unpaired) electrons. The summed E-state index contributed by atoms with van der Waals surface area (Å²) < 4.78 is 15.9. The molecule has 0 heterocycles. The van der Waals surface area contributed by atoms with E-state index in [1.165, 1.54) is 0 Å². The third-order valence-electron chi connectivity index (χ3n) is 2.97. The second kappa shape index (κ2) is 4.22. The van der Waals surface area contributed by atoms with Gasteiger partial charge in [0.15, 0.2) is 11.5 Å². The normalized spacial score (nSPS) is 22.8. The molecule has 2 N–H and O–H groups in total. The van der Waals surface area contributed by atoms with Gasteiger partial charge >= 0.3 is 0 Å². The van der Waals surface area contributed by atoms with Crippen LogP contribution in [0.4, 0.5) is 0 Å². The first-order valence-corrected chi connectivity index (χ1v) is 5.27. The van der Waals surface area contributed by atoms with Crippen LogP contribution in [0.25, 0.3) is 0 Å². The summed E-state index contributed by atoms with van der Waals surface area (Å²) in [5.74, 6) is 2.44. The fourth-order valence-electron chi connectivity index (χ4n) is 1.99. The highest BCUT2D eigenvalue weighted by Gasteiger charge is 2.38. The van der Waals surface area contributed by atoms with Gasteiger partial charge in [-0.2, -0.15) is 0 Å². The number of benzene rings is 1. The largest absolute Gasteiger partial charge is 0.493 e. The van der Waals surface area contributed by atoms with E-state index in [2.05, 4.69) is 0 Å². The number of nitrogens with two attached hydrogens (primary N) is 1. The molecular weight excluding hydrogens is 206 g/mol. The zero-order valence-corrected chi connectivity index (χ0v) is 9.82. The lowest BCUT2D eigenvalue weighted by Crippen LogP contribution is -2.03. The summed E-state index contributed by atoms with van der Waals surface area (Å²) in [4.78, 5) is 0. The topological polar surface area (TPSA) is 53.7 Å². The van der Waals surface area contributed by atoms with Gasteiger partial charge in [0.05, 0.1) is 21.3 Å². The molecule has 0 aliphatic heterocycles. The predicted molar refractivity (Wildman–Crippen MR) is 61.4 cm³/mol. The lowest BCUT2D eigenvalue weighted by atomic mass is 10.1. The van der Waals surface area contributed by atoms with E-state index in [0.717, 1.165) is 17.7 Å². The fourth-order valence-corrected chi connectivity index (χ4v) is 1.99. The standard InChI is InChI=1S/C12H17NO3/c1-14-10-5-4-7(8-6-9(8)13)11(15-2)12(10)16-3/h4-5,8-9H,6,13H2,1-3H3/t8-,9+/m0/s1. The van der Waals surface area contributed by atoms with E-state index in [4.69, 9.17) is 19.9 Å². The van der Waals surface area contributed by atoms with Crippen LogP contribution in [0.1, 0.15) is 17.9 Å². The van der Waals surface area contributed by atoms with Crippen LogP contribution >= 0.6 is 0 Å². The van der Waals surface area contributed by atoms with Gasteiger partial charge < -0.3 is 19.9 Å². The Bertz CT molecular complexity index is 392. The molecule has 0 aromatic heterocycles. The Morgan fingerprint density at radius 3 is 2.12 bits per heavy atom. The summed E-state index contributed by atoms with van der Waals surface area (Å²) in [6, 6.07) is 4.13. The van der Waals surface area contributed by atoms with E-state index < -0.39 is 0 Å². The van der Waals surface area contributed by atoms with Gasteiger partial charge in [0, 0.05) is 17.5 Å². The second-order valence-electron chi connectivity index (χ2n) is 3.93. The van der Waals surface area contributed by atoms with Crippen molar-refractivity contribution in [2.75, 3.05) is 21.3 Å². The van der Waals surface area contributed by atoms with Crippen molar-refractivity contribution in [1.29, 1.82) is 0 Å². The first-order chi connectivity index (χ1) is 7.72. The Hall–Kier alpha value is -1.42. The SMILES string of the molecule is COc1ccc([C@@H]2C[C@H]2N)c(OC)c1OC. The van der Waals surface area contributed by atoms with Crippen molar-refractivity contribution in [1.82, 2.24) is 0 Å². The Balaban J connectivity index is 2.46. The molecule has 4 heteroatoms. The van der Waals surface area contributed by atoms with Gasteiger partial charge in [-0.1, -0.05) is 6.07 Å². The van der Waals surface area contributed by atoms with Crippen LogP contribution in [-0.4, -0.2) is 27.4 Å². The minimum absolute atomic E-state index is 0.243. The molecule has 1 aromatic rings. The van der Waals surface area contributed by atoms with Gasteiger partial charge in [-0.15, -0.1) is 0 Å². The van der Waals surface area contributed by atoms with E-state index in [0.29, 0.717) is 17.4 Å². The molecule has 1 fully saturated rings. The van der Waals surface area contributed by atoms with E-state index >= 15 is 0 Å². The number of hydrogen-bond acceptors (Lipinski definition) is 4. The average molecular weight is 223 g/mol. The Kier molecular flexibility index (Phi) is 2.92. The lowest BCUT2D eigenvalue weighted by molar-refractivity contribution is 0.322. The minimum Gasteiger partial charge on any atom is -0.493 e. The summed E-state index contributed by atoms with van der Waals surface area (Å²) in [5.41, 5.74) is 6.96. The monoisotopic (exact) mass is 223 g/mol. The average Bonchev–Trinajstić information content (AvgIpc) is 3.03. The van der Waals surface area contributed by atoms with Crippen LogP contribution in [0.2, 0.25) is 0 Å². The predicted octanol–water partition coefficient (Wildman–Crippen LogP) is 1.53. The van der Waals surface area contributed by atoms with Gasteiger partial charge in [0.2, 0.25) is 5.75 Å². The molecule has 2 rings (SSSR count). The summed E-state index contributed by atoms with van der Waals surface area (Å²) in [7, 11) is 4.85. The Morgan fingerprint density at radius 2 is 1.69 bits per heavy atom. The summed E-state index contributed by atoms with van der Waals surface area (Å²) >= 11 is 0. The minimum atomic E-state index is 0.243. The van der Waals surface area contributed by atoms with Crippen molar-refractivity contribution in [3.63, 3.8) is 0 Å². The first kappa shape index (κ1) is 11.1. The number of rotatable bonds is 4. The quantitative estimate of drug-likeness (QED) is 0.841. The Labute approximate surface area is 95.3 Å². The molecule has 4 nitrogen and oxygen atoms in total. The van der Waals surface area contributed by atoms with Crippen molar-refractivity contribution in [2.45, 2.75) is 18.4 Å². The Morgan fingerprint density at radius 1 is 1.06 bits per heavy atom. The second-order valence-corrected chi connectivity index (χ2v) is 3.93. The number of hydrogen-bond donors (Lipinski definition) is 1. The first-order valence-electron chi connectivity index (χ1n) is 5.27. The third kappa shape index (κ3) is 1.69. The molecule has 1 saturated carbocycles. The molecule has 2 atom stereocenters. The number of methoxy groups -OCH3 is 3.